The first-order valence-electron chi connectivity index (χ1n) is 8.27. The average Bonchev–Trinajstić information content (AvgIpc) is 2.77. The zero-order valence-electron chi connectivity index (χ0n) is 15.8. The van der Waals surface area contributed by atoms with Gasteiger partial charge in [-0.1, -0.05) is 0 Å². The van der Waals surface area contributed by atoms with Gasteiger partial charge in [0.15, 0.2) is 5.75 Å². The molecule has 0 aliphatic carbocycles. The number of nitrogen functional groups attached to an aromatic ring is 1. The lowest BCUT2D eigenvalue weighted by atomic mass is 10.2. The number of phenols is 3. The first-order chi connectivity index (χ1) is 14.7. The summed E-state index contributed by atoms with van der Waals surface area (Å²) in [5.74, 6) is -0.230. The molecule has 5 N–H and O–H groups in total. The zero-order valence-corrected chi connectivity index (χ0v) is 15.8. The number of rotatable bonds is 1. The zero-order chi connectivity index (χ0) is 23.4. The van der Waals surface area contributed by atoms with Gasteiger partial charge in [0.25, 0.3) is 0 Å². The highest BCUT2D eigenvalue weighted by Gasteiger charge is 2.12. The lowest BCUT2D eigenvalue weighted by Gasteiger charge is -1.95. The number of benzene rings is 3. The van der Waals surface area contributed by atoms with E-state index in [4.69, 9.17) is 36.8 Å². The second-order valence-corrected chi connectivity index (χ2v) is 5.62. The third-order valence-corrected chi connectivity index (χ3v) is 3.45. The van der Waals surface area contributed by atoms with E-state index in [1.807, 2.05) is 12.1 Å². The summed E-state index contributed by atoms with van der Waals surface area (Å²) in [5, 5.41) is 61.9. The van der Waals surface area contributed by atoms with Gasteiger partial charge in [0.05, 0.1) is 45.5 Å². The topological polar surface area (TPSA) is 201 Å². The van der Waals surface area contributed by atoms with Gasteiger partial charge in [-0.15, -0.1) is 0 Å². The van der Waals surface area contributed by atoms with Crippen molar-refractivity contribution in [3.63, 3.8) is 0 Å². The molecule has 154 valence electrons. The highest BCUT2D eigenvalue weighted by atomic mass is 16.6. The van der Waals surface area contributed by atoms with Crippen LogP contribution in [0.4, 0.5) is 11.4 Å². The molecule has 0 saturated heterocycles. The minimum Gasteiger partial charge on any atom is -0.508 e. The standard InChI is InChI=1S/C7H4N2O3.C7H6N2O.C7H5NO/c8-4-5-1-2-7(10)6(3-5)9(11)12;8-4-5-1-2-7(10)6(9)3-5;8-5-6-1-3-7(9)4-2-6/h1-3,10H;1-3,10H,9H2;1-4,9H. The summed E-state index contributed by atoms with van der Waals surface area (Å²) in [4.78, 5) is 9.49. The predicted molar refractivity (Wildman–Crippen MR) is 110 cm³/mol. The maximum atomic E-state index is 10.2. The van der Waals surface area contributed by atoms with Crippen molar-refractivity contribution < 1.29 is 20.2 Å². The SMILES string of the molecule is N#Cc1ccc(O)c(N)c1.N#Cc1ccc(O)c([N+](=O)[O-])c1.N#Cc1ccc(O)cc1. The summed E-state index contributed by atoms with van der Waals surface area (Å²) >= 11 is 0. The number of nitriles is 3. The van der Waals surface area contributed by atoms with Gasteiger partial charge < -0.3 is 21.1 Å². The molecular formula is C21H15N5O5. The van der Waals surface area contributed by atoms with Crippen LogP contribution in [0.2, 0.25) is 0 Å². The van der Waals surface area contributed by atoms with Crippen LogP contribution in [0.25, 0.3) is 0 Å². The fourth-order valence-electron chi connectivity index (χ4n) is 1.90. The highest BCUT2D eigenvalue weighted by Crippen LogP contribution is 2.25. The second kappa shape index (κ2) is 11.5. The Hall–Kier alpha value is -5.27. The van der Waals surface area contributed by atoms with Crippen molar-refractivity contribution >= 4 is 11.4 Å². The van der Waals surface area contributed by atoms with E-state index in [-0.39, 0.29) is 22.7 Å². The Balaban J connectivity index is 0.000000235. The van der Waals surface area contributed by atoms with E-state index in [9.17, 15) is 10.1 Å². The summed E-state index contributed by atoms with van der Waals surface area (Å²) < 4.78 is 0. The van der Waals surface area contributed by atoms with Gasteiger partial charge >= 0.3 is 5.69 Å². The van der Waals surface area contributed by atoms with Crippen molar-refractivity contribution in [2.45, 2.75) is 0 Å². The molecule has 0 saturated carbocycles. The minimum atomic E-state index is -0.740. The molecule has 0 bridgehead atoms. The first kappa shape index (κ1) is 23.8. The van der Waals surface area contributed by atoms with E-state index in [1.54, 1.807) is 18.2 Å². The van der Waals surface area contributed by atoms with E-state index in [2.05, 4.69) is 0 Å². The summed E-state index contributed by atoms with van der Waals surface area (Å²) in [6.07, 6.45) is 0. The van der Waals surface area contributed by atoms with Gasteiger partial charge in [0, 0.05) is 6.07 Å². The third kappa shape index (κ3) is 7.70. The van der Waals surface area contributed by atoms with Crippen LogP contribution < -0.4 is 5.73 Å². The molecule has 3 aromatic carbocycles. The number of nitro benzene ring substituents is 1. The summed E-state index contributed by atoms with van der Waals surface area (Å²) in [5.41, 5.74) is 6.25. The first-order valence-corrected chi connectivity index (χ1v) is 8.27. The van der Waals surface area contributed by atoms with E-state index < -0.39 is 16.4 Å². The molecule has 0 unspecified atom stereocenters. The van der Waals surface area contributed by atoms with E-state index >= 15 is 0 Å². The van der Waals surface area contributed by atoms with Crippen LogP contribution in [-0.4, -0.2) is 20.2 Å². The maximum Gasteiger partial charge on any atom is 0.312 e. The molecule has 0 amide bonds. The Morgan fingerprint density at radius 1 is 0.742 bits per heavy atom. The molecule has 0 aromatic heterocycles. The number of nitro groups is 1. The van der Waals surface area contributed by atoms with Crippen molar-refractivity contribution in [1.82, 2.24) is 0 Å². The van der Waals surface area contributed by atoms with Crippen molar-refractivity contribution in [3.05, 3.63) is 87.5 Å². The van der Waals surface area contributed by atoms with Crippen LogP contribution in [0.3, 0.4) is 0 Å². The number of phenolic OH excluding ortho intramolecular Hbond substituents is 3. The summed E-state index contributed by atoms with van der Waals surface area (Å²) in [7, 11) is 0. The Labute approximate surface area is 176 Å². The molecule has 0 spiro atoms. The van der Waals surface area contributed by atoms with Crippen LogP contribution in [0.1, 0.15) is 16.7 Å². The van der Waals surface area contributed by atoms with Gasteiger partial charge in [0.1, 0.15) is 11.5 Å². The van der Waals surface area contributed by atoms with E-state index in [1.165, 1.54) is 36.4 Å². The summed E-state index contributed by atoms with van der Waals surface area (Å²) in [6, 6.07) is 19.5. The van der Waals surface area contributed by atoms with Crippen LogP contribution in [0.15, 0.2) is 60.7 Å². The second-order valence-electron chi connectivity index (χ2n) is 5.62. The lowest BCUT2D eigenvalue weighted by Crippen LogP contribution is -1.88. The van der Waals surface area contributed by atoms with Gasteiger partial charge in [-0.05, 0) is 54.6 Å². The molecule has 10 nitrogen and oxygen atoms in total. The molecule has 0 aliphatic rings. The Kier molecular flexibility index (Phi) is 8.85. The molecule has 0 fully saturated rings. The Bertz CT molecular complexity index is 1190. The normalized spacial score (nSPS) is 8.68. The van der Waals surface area contributed by atoms with Gasteiger partial charge in [-0.3, -0.25) is 10.1 Å². The largest absolute Gasteiger partial charge is 0.508 e. The molecule has 31 heavy (non-hydrogen) atoms. The average molecular weight is 417 g/mol. The molecule has 0 radical (unpaired) electrons. The van der Waals surface area contributed by atoms with Gasteiger partial charge in [0.2, 0.25) is 0 Å². The van der Waals surface area contributed by atoms with Crippen molar-refractivity contribution in [3.8, 4) is 35.5 Å². The fourth-order valence-corrected chi connectivity index (χ4v) is 1.90. The molecule has 3 rings (SSSR count). The van der Waals surface area contributed by atoms with E-state index in [0.29, 0.717) is 11.1 Å². The molecule has 0 atom stereocenters. The number of hydrogen-bond acceptors (Lipinski definition) is 9. The summed E-state index contributed by atoms with van der Waals surface area (Å²) in [6.45, 7) is 0. The number of anilines is 1. The Morgan fingerprint density at radius 2 is 1.19 bits per heavy atom. The molecule has 0 aliphatic heterocycles. The quantitative estimate of drug-likeness (QED) is 0.198. The minimum absolute atomic E-state index is 0.0130. The van der Waals surface area contributed by atoms with Crippen LogP contribution in [-0.2, 0) is 0 Å². The Morgan fingerprint density at radius 3 is 1.65 bits per heavy atom. The number of hydrogen-bond donors (Lipinski definition) is 4. The number of nitrogens with zero attached hydrogens (tertiary/aromatic N) is 4. The maximum absolute atomic E-state index is 10.2. The van der Waals surface area contributed by atoms with Gasteiger partial charge in [-0.2, -0.15) is 15.8 Å². The van der Waals surface area contributed by atoms with E-state index in [0.717, 1.165) is 12.1 Å². The van der Waals surface area contributed by atoms with Crippen molar-refractivity contribution in [2.75, 3.05) is 5.73 Å². The molecule has 3 aromatic rings. The van der Waals surface area contributed by atoms with Crippen LogP contribution in [0, 0.1) is 44.1 Å². The van der Waals surface area contributed by atoms with Crippen molar-refractivity contribution in [1.29, 1.82) is 15.8 Å². The van der Waals surface area contributed by atoms with Crippen LogP contribution in [0.5, 0.6) is 17.2 Å². The van der Waals surface area contributed by atoms with Gasteiger partial charge in [-0.25, -0.2) is 0 Å². The third-order valence-electron chi connectivity index (χ3n) is 3.45. The van der Waals surface area contributed by atoms with Crippen LogP contribution >= 0.6 is 0 Å². The molecule has 0 heterocycles. The van der Waals surface area contributed by atoms with Crippen molar-refractivity contribution in [2.24, 2.45) is 0 Å². The molecule has 10 heteroatoms. The highest BCUT2D eigenvalue weighted by molar-refractivity contribution is 5.55. The molecular weight excluding hydrogens is 402 g/mol. The number of aromatic hydroxyl groups is 3. The lowest BCUT2D eigenvalue weighted by molar-refractivity contribution is -0.385. The number of nitrogens with two attached hydrogens (primary N) is 1. The predicted octanol–water partition coefficient (Wildman–Crippen LogP) is 3.28. The smallest absolute Gasteiger partial charge is 0.312 e. The monoisotopic (exact) mass is 417 g/mol. The fraction of sp³-hybridized carbons (Fsp3) is 0.